The second-order valence-corrected chi connectivity index (χ2v) is 12.8. The van der Waals surface area contributed by atoms with Gasteiger partial charge in [-0.1, -0.05) is 118 Å². The first-order chi connectivity index (χ1) is 25.8. The minimum Gasteiger partial charge on any atom is -0.332 e. The second kappa shape index (κ2) is 15.2. The summed E-state index contributed by atoms with van der Waals surface area (Å²) in [6.45, 7) is -0.0270. The molecule has 0 atom stereocenters. The Morgan fingerprint density at radius 3 is 2.04 bits per heavy atom. The van der Waals surface area contributed by atoms with Crippen LogP contribution in [0.5, 0.6) is 0 Å². The van der Waals surface area contributed by atoms with Crippen molar-refractivity contribution < 1.29 is 24.2 Å². The van der Waals surface area contributed by atoms with Gasteiger partial charge in [0.05, 0.1) is 22.5 Å². The maximum absolute atomic E-state index is 7.88. The molecule has 0 saturated carbocycles. The molecule has 5 heteroatoms. The number of nitrogens with zero attached hydrogens (tertiary/aromatic N) is 3. The van der Waals surface area contributed by atoms with E-state index in [-0.39, 0.29) is 20.1 Å². The van der Waals surface area contributed by atoms with Gasteiger partial charge in [0.2, 0.25) is 0 Å². The molecular formula is C46H33IrN3S-2. The molecule has 9 rings (SSSR count). The first-order valence-electron chi connectivity index (χ1n) is 17.9. The van der Waals surface area contributed by atoms with Crippen LogP contribution in [0.25, 0.3) is 71.7 Å². The van der Waals surface area contributed by atoms with Gasteiger partial charge >= 0.3 is 0 Å². The van der Waals surface area contributed by atoms with Crippen LogP contribution in [0.4, 0.5) is 0 Å². The Bertz CT molecular complexity index is 2560. The zero-order chi connectivity index (χ0) is 36.4. The maximum atomic E-state index is 7.88. The number of aromatic nitrogens is 3. The van der Waals surface area contributed by atoms with Crippen molar-refractivity contribution in [3.05, 3.63) is 186 Å². The van der Waals surface area contributed by atoms with Gasteiger partial charge in [0.1, 0.15) is 0 Å². The van der Waals surface area contributed by atoms with Crippen molar-refractivity contribution in [1.29, 1.82) is 0 Å². The monoisotopic (exact) mass is 855 g/mol. The van der Waals surface area contributed by atoms with Crippen molar-refractivity contribution >= 4 is 32.5 Å². The third-order valence-corrected chi connectivity index (χ3v) is 9.46. The summed E-state index contributed by atoms with van der Waals surface area (Å²) in [4.78, 5) is 9.39. The quantitative estimate of drug-likeness (QED) is 0.162. The van der Waals surface area contributed by atoms with Crippen molar-refractivity contribution in [2.24, 2.45) is 0 Å². The number of benzene rings is 6. The van der Waals surface area contributed by atoms with Crippen LogP contribution in [0.2, 0.25) is 0 Å². The Morgan fingerprint density at radius 1 is 0.686 bits per heavy atom. The summed E-state index contributed by atoms with van der Waals surface area (Å²) >= 11 is 1.43. The van der Waals surface area contributed by atoms with E-state index >= 15 is 0 Å². The Kier molecular flexibility index (Phi) is 9.06. The van der Waals surface area contributed by atoms with E-state index in [1.165, 1.54) is 16.9 Å². The SMILES string of the molecule is [2H]C([2H])([2H])c1ccc2c(-c3nc4ccccc4n3-c3c(-c4ccccc4)cc(C)cc3-c3ccccc3)[c-]sc2c1.[Ir].[c-]1ccccc1-c1ccccn1. The molecule has 0 unspecified atom stereocenters. The molecule has 0 bridgehead atoms. The Morgan fingerprint density at radius 2 is 1.37 bits per heavy atom. The smallest absolute Gasteiger partial charge is 0.0774 e. The standard InChI is InChI=1S/C35H25N2S.C11H8N.Ir/c1-23-17-18-27-30(22-38-33(27)21-23)35-36-31-15-9-10-16-32(31)37(35)34-28(25-11-5-3-6-12-25)19-24(2)20-29(34)26-13-7-4-8-14-26;1-2-6-10(7-3-1)11-8-4-5-9-12-11;/h3-21H,1-2H3;1-6,8-9H;/q2*-1;/i1D3;;. The average Bonchev–Trinajstić information content (AvgIpc) is 3.80. The van der Waals surface area contributed by atoms with Gasteiger partial charge in [0.15, 0.2) is 0 Å². The summed E-state index contributed by atoms with van der Waals surface area (Å²) in [5.41, 5.74) is 11.7. The predicted octanol–water partition coefficient (Wildman–Crippen LogP) is 12.2. The molecule has 0 aliphatic carbocycles. The molecule has 0 aliphatic rings. The van der Waals surface area contributed by atoms with Gasteiger partial charge in [-0.15, -0.1) is 47.3 Å². The molecular weight excluding hydrogens is 819 g/mol. The molecule has 249 valence electrons. The number of pyridine rings is 1. The van der Waals surface area contributed by atoms with Crippen LogP contribution in [0, 0.1) is 25.2 Å². The number of thiophene rings is 1. The number of hydrogen-bond acceptors (Lipinski definition) is 3. The normalized spacial score (nSPS) is 11.9. The van der Waals surface area contributed by atoms with Crippen LogP contribution in [0.3, 0.4) is 0 Å². The van der Waals surface area contributed by atoms with Crippen LogP contribution in [0.1, 0.15) is 15.2 Å². The van der Waals surface area contributed by atoms with E-state index in [0.717, 1.165) is 71.7 Å². The fraction of sp³-hybridized carbons (Fsp3) is 0.0435. The molecule has 0 fully saturated rings. The molecule has 0 saturated heterocycles. The summed E-state index contributed by atoms with van der Waals surface area (Å²) in [6.07, 6.45) is 1.79. The topological polar surface area (TPSA) is 30.7 Å². The van der Waals surface area contributed by atoms with E-state index in [9.17, 15) is 0 Å². The Hall–Kier alpha value is -5.45. The Labute approximate surface area is 320 Å². The summed E-state index contributed by atoms with van der Waals surface area (Å²) in [7, 11) is 0. The average molecular weight is 855 g/mol. The van der Waals surface area contributed by atoms with Crippen molar-refractivity contribution in [1.82, 2.24) is 14.5 Å². The van der Waals surface area contributed by atoms with Gasteiger partial charge in [0, 0.05) is 41.5 Å². The number of rotatable bonds is 5. The zero-order valence-corrected chi connectivity index (χ0v) is 30.9. The molecule has 51 heavy (non-hydrogen) atoms. The van der Waals surface area contributed by atoms with E-state index in [0.29, 0.717) is 5.56 Å². The maximum Gasteiger partial charge on any atom is 0.0774 e. The van der Waals surface area contributed by atoms with E-state index in [2.05, 4.69) is 94.7 Å². The zero-order valence-electron chi connectivity index (χ0n) is 30.7. The number of aryl methyl sites for hydroxylation is 2. The molecule has 0 aliphatic heterocycles. The molecule has 0 spiro atoms. The van der Waals surface area contributed by atoms with Gasteiger partial charge in [-0.25, -0.2) is 0 Å². The van der Waals surface area contributed by atoms with Gasteiger partial charge < -0.3 is 9.55 Å². The molecule has 3 heterocycles. The molecule has 9 aromatic rings. The number of imidazole rings is 1. The first kappa shape index (κ1) is 30.4. The van der Waals surface area contributed by atoms with Crippen LogP contribution >= 0.6 is 11.3 Å². The number of fused-ring (bicyclic) bond motifs is 2. The van der Waals surface area contributed by atoms with Crippen LogP contribution < -0.4 is 0 Å². The van der Waals surface area contributed by atoms with Crippen molar-refractivity contribution in [3.63, 3.8) is 0 Å². The van der Waals surface area contributed by atoms with E-state index in [4.69, 9.17) is 9.10 Å². The van der Waals surface area contributed by atoms with Crippen molar-refractivity contribution in [2.75, 3.05) is 0 Å². The van der Waals surface area contributed by atoms with Crippen molar-refractivity contribution in [2.45, 2.75) is 13.8 Å². The molecule has 6 aromatic carbocycles. The molecule has 0 N–H and O–H groups in total. The van der Waals surface area contributed by atoms with Crippen LogP contribution in [-0.4, -0.2) is 14.5 Å². The molecule has 3 aromatic heterocycles. The van der Waals surface area contributed by atoms with Gasteiger partial charge in [-0.2, -0.15) is 0 Å². The van der Waals surface area contributed by atoms with E-state index < -0.39 is 6.85 Å². The van der Waals surface area contributed by atoms with Gasteiger partial charge in [0.25, 0.3) is 0 Å². The third-order valence-electron chi connectivity index (χ3n) is 8.60. The van der Waals surface area contributed by atoms with Crippen LogP contribution in [0.15, 0.2) is 164 Å². The van der Waals surface area contributed by atoms with E-state index in [1.807, 2.05) is 78.9 Å². The van der Waals surface area contributed by atoms with Gasteiger partial charge in [-0.05, 0) is 66.5 Å². The summed E-state index contributed by atoms with van der Waals surface area (Å²) in [6, 6.07) is 55.8. The third kappa shape index (κ3) is 6.97. The predicted molar refractivity (Wildman–Crippen MR) is 210 cm³/mol. The summed E-state index contributed by atoms with van der Waals surface area (Å²) in [5, 5.41) is 4.42. The number of para-hydroxylation sites is 2. The second-order valence-electron chi connectivity index (χ2n) is 12.0. The van der Waals surface area contributed by atoms with E-state index in [1.54, 1.807) is 18.3 Å². The fourth-order valence-electron chi connectivity index (χ4n) is 6.33. The first-order valence-corrected chi connectivity index (χ1v) is 17.2. The molecule has 3 nitrogen and oxygen atoms in total. The Balaban J connectivity index is 0.000000294. The van der Waals surface area contributed by atoms with Crippen molar-refractivity contribution in [3.8, 4) is 50.6 Å². The minimum absolute atomic E-state index is 0. The minimum atomic E-state index is -2.16. The summed E-state index contributed by atoms with van der Waals surface area (Å²) < 4.78 is 26.8. The van der Waals surface area contributed by atoms with Crippen LogP contribution in [-0.2, 0) is 20.1 Å². The summed E-state index contributed by atoms with van der Waals surface area (Å²) in [5.74, 6) is 0.775. The van der Waals surface area contributed by atoms with Gasteiger partial charge in [-0.3, -0.25) is 16.3 Å². The molecule has 0 amide bonds. The largest absolute Gasteiger partial charge is 0.332 e. The molecule has 1 radical (unpaired) electrons. The fourth-order valence-corrected chi connectivity index (χ4v) is 7.21. The number of hydrogen-bond donors (Lipinski definition) is 0.